The van der Waals surface area contributed by atoms with Crippen molar-refractivity contribution in [3.63, 3.8) is 0 Å². The third-order valence-corrected chi connectivity index (χ3v) is 4.17. The van der Waals surface area contributed by atoms with Gasteiger partial charge in [0.15, 0.2) is 11.0 Å². The van der Waals surface area contributed by atoms with Crippen LogP contribution in [0, 0.1) is 0 Å². The van der Waals surface area contributed by atoms with E-state index in [1.54, 1.807) is 19.1 Å². The van der Waals surface area contributed by atoms with Crippen LogP contribution in [0.1, 0.15) is 13.8 Å². The summed E-state index contributed by atoms with van der Waals surface area (Å²) in [5.41, 5.74) is 0.847. The Hall–Kier alpha value is -2.06. The second kappa shape index (κ2) is 8.70. The van der Waals surface area contributed by atoms with Crippen LogP contribution in [0.15, 0.2) is 29.4 Å². The van der Waals surface area contributed by atoms with Crippen LogP contribution in [0.2, 0.25) is 5.02 Å². The number of carbonyl (C=O) groups excluding carboxylic acids is 2. The van der Waals surface area contributed by atoms with E-state index in [2.05, 4.69) is 20.3 Å². The van der Waals surface area contributed by atoms with Crippen molar-refractivity contribution in [3.05, 3.63) is 29.3 Å². The maximum atomic E-state index is 11.7. The Kier molecular flexibility index (Phi) is 6.62. The van der Waals surface area contributed by atoms with Gasteiger partial charge in [0.2, 0.25) is 5.91 Å². The molecule has 128 valence electrons. The first-order chi connectivity index (χ1) is 11.5. The molecule has 0 aliphatic carbocycles. The number of benzene rings is 1. The number of hydrogen-bond donors (Lipinski definition) is 1. The third kappa shape index (κ3) is 4.72. The molecule has 1 aromatic heterocycles. The Labute approximate surface area is 148 Å². The molecule has 1 aromatic carbocycles. The number of hydrogen-bond acceptors (Lipinski definition) is 6. The van der Waals surface area contributed by atoms with Crippen molar-refractivity contribution in [3.8, 4) is 11.4 Å². The van der Waals surface area contributed by atoms with Gasteiger partial charge in [-0.3, -0.25) is 10.1 Å². The van der Waals surface area contributed by atoms with Crippen LogP contribution in [-0.4, -0.2) is 39.1 Å². The van der Waals surface area contributed by atoms with E-state index < -0.39 is 12.0 Å². The van der Waals surface area contributed by atoms with Gasteiger partial charge in [-0.05, 0) is 26.0 Å². The van der Waals surface area contributed by atoms with Gasteiger partial charge in [0.1, 0.15) is 0 Å². The van der Waals surface area contributed by atoms with Crippen LogP contribution in [0.25, 0.3) is 11.4 Å². The van der Waals surface area contributed by atoms with Crippen molar-refractivity contribution in [1.29, 1.82) is 0 Å². The summed E-state index contributed by atoms with van der Waals surface area (Å²) < 4.78 is 6.54. The maximum absolute atomic E-state index is 11.7. The normalized spacial score (nSPS) is 10.5. The zero-order chi connectivity index (χ0) is 17.5. The van der Waals surface area contributed by atoms with E-state index in [-0.39, 0.29) is 12.4 Å². The molecular weight excluding hydrogens is 352 g/mol. The number of halogens is 1. The van der Waals surface area contributed by atoms with Crippen molar-refractivity contribution >= 4 is 35.4 Å². The number of nitrogens with one attached hydrogen (secondary N) is 1. The average molecular weight is 369 g/mol. The van der Waals surface area contributed by atoms with Gasteiger partial charge in [0, 0.05) is 17.1 Å². The van der Waals surface area contributed by atoms with Crippen molar-refractivity contribution in [1.82, 2.24) is 20.1 Å². The van der Waals surface area contributed by atoms with E-state index in [1.807, 2.05) is 23.6 Å². The molecule has 0 bridgehead atoms. The maximum Gasteiger partial charge on any atom is 0.413 e. The molecule has 0 unspecified atom stereocenters. The summed E-state index contributed by atoms with van der Waals surface area (Å²) in [5, 5.41) is 11.6. The minimum Gasteiger partial charge on any atom is -0.450 e. The van der Waals surface area contributed by atoms with Crippen molar-refractivity contribution in [2.75, 3.05) is 12.4 Å². The predicted octanol–water partition coefficient (Wildman–Crippen LogP) is 2.98. The van der Waals surface area contributed by atoms with Crippen molar-refractivity contribution in [2.24, 2.45) is 0 Å². The van der Waals surface area contributed by atoms with Gasteiger partial charge in [0.25, 0.3) is 0 Å². The van der Waals surface area contributed by atoms with Gasteiger partial charge in [-0.25, -0.2) is 4.79 Å². The third-order valence-electron chi connectivity index (χ3n) is 2.97. The van der Waals surface area contributed by atoms with Crippen LogP contribution < -0.4 is 5.32 Å². The molecule has 1 heterocycles. The molecular formula is C15H17ClN4O3S. The van der Waals surface area contributed by atoms with Crippen LogP contribution in [0.3, 0.4) is 0 Å². The largest absolute Gasteiger partial charge is 0.450 e. The van der Waals surface area contributed by atoms with Crippen LogP contribution in [0.5, 0.6) is 0 Å². The topological polar surface area (TPSA) is 86.1 Å². The van der Waals surface area contributed by atoms with Crippen molar-refractivity contribution in [2.45, 2.75) is 25.5 Å². The fraction of sp³-hybridized carbons (Fsp3) is 0.333. The summed E-state index contributed by atoms with van der Waals surface area (Å²) in [6.45, 7) is 4.47. The summed E-state index contributed by atoms with van der Waals surface area (Å²) in [5.74, 6) is 0.258. The highest BCUT2D eigenvalue weighted by molar-refractivity contribution is 7.99. The fourth-order valence-corrected chi connectivity index (χ4v) is 2.96. The monoisotopic (exact) mass is 368 g/mol. The van der Waals surface area contributed by atoms with Gasteiger partial charge < -0.3 is 9.30 Å². The van der Waals surface area contributed by atoms with E-state index in [1.165, 1.54) is 11.8 Å². The smallest absolute Gasteiger partial charge is 0.413 e. The van der Waals surface area contributed by atoms with E-state index in [0.717, 1.165) is 5.56 Å². The summed E-state index contributed by atoms with van der Waals surface area (Å²) in [6.07, 6.45) is -0.750. The first kappa shape index (κ1) is 18.3. The quantitative estimate of drug-likeness (QED) is 0.789. The highest BCUT2D eigenvalue weighted by atomic mass is 35.5. The number of rotatable bonds is 6. The van der Waals surface area contributed by atoms with Crippen LogP contribution in [0.4, 0.5) is 4.79 Å². The summed E-state index contributed by atoms with van der Waals surface area (Å²) in [4.78, 5) is 22.9. The number of nitrogens with zero attached hydrogens (tertiary/aromatic N) is 3. The Bertz CT molecular complexity index is 735. The van der Waals surface area contributed by atoms with Gasteiger partial charge >= 0.3 is 6.09 Å². The molecule has 0 radical (unpaired) electrons. The molecule has 0 aliphatic rings. The van der Waals surface area contributed by atoms with E-state index in [0.29, 0.717) is 22.5 Å². The van der Waals surface area contributed by atoms with Gasteiger partial charge in [-0.15, -0.1) is 10.2 Å². The predicted molar refractivity (Wildman–Crippen MR) is 92.0 cm³/mol. The minimum atomic E-state index is -0.750. The van der Waals surface area contributed by atoms with E-state index in [9.17, 15) is 9.59 Å². The summed E-state index contributed by atoms with van der Waals surface area (Å²) >= 11 is 7.21. The molecule has 1 N–H and O–H groups in total. The molecule has 2 aromatic rings. The Morgan fingerprint density at radius 3 is 2.79 bits per heavy atom. The summed E-state index contributed by atoms with van der Waals surface area (Å²) in [7, 11) is 0. The Morgan fingerprint density at radius 1 is 1.33 bits per heavy atom. The number of carbonyl (C=O) groups is 2. The first-order valence-electron chi connectivity index (χ1n) is 7.33. The standard InChI is InChI=1S/C15H17ClN4O3S/c1-3-20-13(10-6-5-7-11(16)8-10)18-19-14(20)24-9-12(21)17-15(22)23-4-2/h5-8H,3-4,9H2,1-2H3,(H,17,21,22). The summed E-state index contributed by atoms with van der Waals surface area (Å²) in [6, 6.07) is 7.32. The van der Waals surface area contributed by atoms with Gasteiger partial charge in [-0.2, -0.15) is 0 Å². The number of alkyl carbamates (subject to hydrolysis) is 1. The molecule has 0 atom stereocenters. The molecule has 2 rings (SSSR count). The minimum absolute atomic E-state index is 0.0342. The molecule has 0 fully saturated rings. The molecule has 0 aliphatic heterocycles. The first-order valence-corrected chi connectivity index (χ1v) is 8.70. The number of thioether (sulfide) groups is 1. The molecule has 0 saturated carbocycles. The Balaban J connectivity index is 2.07. The molecule has 0 saturated heterocycles. The molecule has 2 amide bonds. The molecule has 7 nitrogen and oxygen atoms in total. The zero-order valence-corrected chi connectivity index (χ0v) is 14.9. The molecule has 24 heavy (non-hydrogen) atoms. The van der Waals surface area contributed by atoms with Crippen LogP contribution in [-0.2, 0) is 16.1 Å². The lowest BCUT2D eigenvalue weighted by Crippen LogP contribution is -2.32. The van der Waals surface area contributed by atoms with E-state index in [4.69, 9.17) is 11.6 Å². The SMILES string of the molecule is CCOC(=O)NC(=O)CSc1nnc(-c2cccc(Cl)c2)n1CC. The lowest BCUT2D eigenvalue weighted by molar-refractivity contribution is -0.117. The number of ether oxygens (including phenoxy) is 1. The van der Waals surface area contributed by atoms with Crippen LogP contribution >= 0.6 is 23.4 Å². The second-order valence-corrected chi connectivity index (χ2v) is 6.00. The number of imide groups is 1. The molecule has 9 heteroatoms. The molecule has 0 spiro atoms. The highest BCUT2D eigenvalue weighted by Crippen LogP contribution is 2.25. The lowest BCUT2D eigenvalue weighted by atomic mass is 10.2. The number of aromatic nitrogens is 3. The number of amides is 2. The Morgan fingerprint density at radius 2 is 2.12 bits per heavy atom. The fourth-order valence-electron chi connectivity index (χ4n) is 1.97. The van der Waals surface area contributed by atoms with Crippen molar-refractivity contribution < 1.29 is 14.3 Å². The van der Waals surface area contributed by atoms with Gasteiger partial charge in [-0.1, -0.05) is 35.5 Å². The van der Waals surface area contributed by atoms with E-state index >= 15 is 0 Å². The lowest BCUT2D eigenvalue weighted by Gasteiger charge is -2.07. The highest BCUT2D eigenvalue weighted by Gasteiger charge is 2.16. The average Bonchev–Trinajstić information content (AvgIpc) is 2.96. The zero-order valence-electron chi connectivity index (χ0n) is 13.3. The van der Waals surface area contributed by atoms with Gasteiger partial charge in [0.05, 0.1) is 12.4 Å². The second-order valence-electron chi connectivity index (χ2n) is 4.62.